The maximum Gasteiger partial charge on any atom is 0.225 e. The molecule has 1 N–H and O–H groups in total. The summed E-state index contributed by atoms with van der Waals surface area (Å²) in [5, 5.41) is 5.80. The van der Waals surface area contributed by atoms with Crippen LogP contribution < -0.4 is 19.5 Å². The monoisotopic (exact) mass is 429 g/mol. The molecule has 1 aliphatic heterocycles. The predicted octanol–water partition coefficient (Wildman–Crippen LogP) is 5.57. The van der Waals surface area contributed by atoms with Crippen LogP contribution >= 0.6 is 22.9 Å². The smallest absolute Gasteiger partial charge is 0.225 e. The van der Waals surface area contributed by atoms with Crippen LogP contribution in [0.5, 0.6) is 17.2 Å². The lowest BCUT2D eigenvalue weighted by Gasteiger charge is -2.26. The molecule has 0 saturated heterocycles. The average molecular weight is 430 g/mol. The fourth-order valence-electron chi connectivity index (χ4n) is 3.72. The zero-order chi connectivity index (χ0) is 20.5. The SMILES string of the molecule is COc1ccc([C@H]2CC(=O)Nc3c(-c4ccc(Cl)cc4)csc32)c(OC)c1OC. The van der Waals surface area contributed by atoms with Crippen LogP contribution in [0.1, 0.15) is 22.8 Å². The van der Waals surface area contributed by atoms with Gasteiger partial charge in [-0.1, -0.05) is 29.8 Å². The number of anilines is 1. The summed E-state index contributed by atoms with van der Waals surface area (Å²) in [5.41, 5.74) is 3.73. The van der Waals surface area contributed by atoms with E-state index in [-0.39, 0.29) is 11.8 Å². The van der Waals surface area contributed by atoms with Crippen LogP contribution in [0, 0.1) is 0 Å². The maximum absolute atomic E-state index is 12.6. The summed E-state index contributed by atoms with van der Waals surface area (Å²) in [6, 6.07) is 11.4. The summed E-state index contributed by atoms with van der Waals surface area (Å²) in [4.78, 5) is 13.7. The van der Waals surface area contributed by atoms with E-state index in [2.05, 4.69) is 10.7 Å². The predicted molar refractivity (Wildman–Crippen MR) is 116 cm³/mol. The van der Waals surface area contributed by atoms with Gasteiger partial charge in [0.05, 0.1) is 27.0 Å². The number of hydrogen-bond donors (Lipinski definition) is 1. The van der Waals surface area contributed by atoms with Gasteiger partial charge >= 0.3 is 0 Å². The molecule has 1 amide bonds. The van der Waals surface area contributed by atoms with E-state index in [1.54, 1.807) is 32.7 Å². The van der Waals surface area contributed by atoms with Crippen molar-refractivity contribution in [2.75, 3.05) is 26.6 Å². The van der Waals surface area contributed by atoms with Gasteiger partial charge in [0.15, 0.2) is 11.5 Å². The molecule has 0 fully saturated rings. The highest BCUT2D eigenvalue weighted by atomic mass is 35.5. The number of thiophene rings is 1. The molecule has 29 heavy (non-hydrogen) atoms. The number of rotatable bonds is 5. The van der Waals surface area contributed by atoms with Crippen molar-refractivity contribution in [1.29, 1.82) is 0 Å². The minimum Gasteiger partial charge on any atom is -0.493 e. The first kappa shape index (κ1) is 19.6. The van der Waals surface area contributed by atoms with Gasteiger partial charge in [-0.2, -0.15) is 0 Å². The van der Waals surface area contributed by atoms with Crippen molar-refractivity contribution in [1.82, 2.24) is 0 Å². The van der Waals surface area contributed by atoms with Gasteiger partial charge in [0.2, 0.25) is 11.7 Å². The number of fused-ring (bicyclic) bond motifs is 1. The third-order valence-electron chi connectivity index (χ3n) is 5.06. The van der Waals surface area contributed by atoms with Crippen molar-refractivity contribution < 1.29 is 19.0 Å². The molecule has 0 spiro atoms. The maximum atomic E-state index is 12.6. The Balaban J connectivity index is 1.85. The van der Waals surface area contributed by atoms with E-state index in [9.17, 15) is 4.79 Å². The molecular weight excluding hydrogens is 410 g/mol. The van der Waals surface area contributed by atoms with E-state index >= 15 is 0 Å². The van der Waals surface area contributed by atoms with Crippen LogP contribution in [-0.4, -0.2) is 27.2 Å². The number of nitrogens with one attached hydrogen (secondary N) is 1. The minimum atomic E-state index is -0.139. The molecule has 0 bridgehead atoms. The number of hydrogen-bond acceptors (Lipinski definition) is 5. The molecule has 5 nitrogen and oxygen atoms in total. The molecule has 3 aromatic rings. The molecule has 0 saturated carbocycles. The Morgan fingerprint density at radius 1 is 1.00 bits per heavy atom. The largest absolute Gasteiger partial charge is 0.493 e. The molecule has 150 valence electrons. The van der Waals surface area contributed by atoms with Crippen molar-refractivity contribution in [3.63, 3.8) is 0 Å². The molecule has 2 heterocycles. The molecule has 4 rings (SSSR count). The van der Waals surface area contributed by atoms with Crippen molar-refractivity contribution in [2.24, 2.45) is 0 Å². The fraction of sp³-hybridized carbons (Fsp3) is 0.227. The number of carbonyl (C=O) groups is 1. The summed E-state index contributed by atoms with van der Waals surface area (Å²) < 4.78 is 16.6. The van der Waals surface area contributed by atoms with E-state index in [1.165, 1.54) is 0 Å². The lowest BCUT2D eigenvalue weighted by Crippen LogP contribution is -2.22. The Kier molecular flexibility index (Phi) is 5.39. The Morgan fingerprint density at radius 3 is 2.38 bits per heavy atom. The van der Waals surface area contributed by atoms with Crippen LogP contribution in [0.4, 0.5) is 5.69 Å². The zero-order valence-electron chi connectivity index (χ0n) is 16.2. The van der Waals surface area contributed by atoms with E-state index < -0.39 is 0 Å². The van der Waals surface area contributed by atoms with Crippen molar-refractivity contribution in [3.05, 3.63) is 57.2 Å². The highest BCUT2D eigenvalue weighted by Crippen LogP contribution is 2.51. The Bertz CT molecular complexity index is 1060. The van der Waals surface area contributed by atoms with Crippen LogP contribution in [-0.2, 0) is 4.79 Å². The van der Waals surface area contributed by atoms with Gasteiger partial charge in [-0.3, -0.25) is 4.79 Å². The van der Waals surface area contributed by atoms with Crippen LogP contribution in [0.25, 0.3) is 11.1 Å². The van der Waals surface area contributed by atoms with Gasteiger partial charge in [0, 0.05) is 38.7 Å². The van der Waals surface area contributed by atoms with E-state index in [0.29, 0.717) is 28.7 Å². The summed E-state index contributed by atoms with van der Waals surface area (Å²) in [5.74, 6) is 1.52. The summed E-state index contributed by atoms with van der Waals surface area (Å²) in [6.45, 7) is 0. The topological polar surface area (TPSA) is 56.8 Å². The second-order valence-corrected chi connectivity index (χ2v) is 7.97. The van der Waals surface area contributed by atoms with Crippen LogP contribution in [0.2, 0.25) is 5.02 Å². The standard InChI is InChI=1S/C22H20ClNO4S/c1-26-17-9-8-14(20(27-2)21(17)28-3)15-10-18(25)24-19-16(11-29-22(15)19)12-4-6-13(23)7-5-12/h4-9,11,15H,10H2,1-3H3,(H,24,25)/t15-/m1/s1. The molecule has 1 atom stereocenters. The van der Waals surface area contributed by atoms with Gasteiger partial charge in [-0.15, -0.1) is 11.3 Å². The summed E-state index contributed by atoms with van der Waals surface area (Å²) >= 11 is 7.65. The lowest BCUT2D eigenvalue weighted by molar-refractivity contribution is -0.116. The van der Waals surface area contributed by atoms with Gasteiger partial charge in [-0.25, -0.2) is 0 Å². The zero-order valence-corrected chi connectivity index (χ0v) is 17.8. The number of ether oxygens (including phenoxy) is 3. The third-order valence-corrected chi connectivity index (χ3v) is 6.40. The highest BCUT2D eigenvalue weighted by molar-refractivity contribution is 7.11. The molecule has 2 aromatic carbocycles. The second kappa shape index (κ2) is 7.97. The number of carbonyl (C=O) groups excluding carboxylic acids is 1. The first-order valence-corrected chi connectivity index (χ1v) is 10.3. The van der Waals surface area contributed by atoms with E-state index in [0.717, 1.165) is 27.3 Å². The van der Waals surface area contributed by atoms with Crippen molar-refractivity contribution in [2.45, 2.75) is 12.3 Å². The second-order valence-electron chi connectivity index (χ2n) is 6.62. The molecule has 0 radical (unpaired) electrons. The molecule has 0 aliphatic carbocycles. The highest BCUT2D eigenvalue weighted by Gasteiger charge is 2.33. The molecule has 1 aromatic heterocycles. The number of benzene rings is 2. The number of amides is 1. The average Bonchev–Trinajstić information content (AvgIpc) is 3.16. The quantitative estimate of drug-likeness (QED) is 0.576. The van der Waals surface area contributed by atoms with Gasteiger partial charge in [0.1, 0.15) is 0 Å². The van der Waals surface area contributed by atoms with E-state index in [4.69, 9.17) is 25.8 Å². The first-order chi connectivity index (χ1) is 14.1. The molecular formula is C22H20ClNO4S. The van der Waals surface area contributed by atoms with Gasteiger partial charge in [0.25, 0.3) is 0 Å². The summed E-state index contributed by atoms with van der Waals surface area (Å²) in [7, 11) is 4.76. The van der Waals surface area contributed by atoms with Gasteiger partial charge in [-0.05, 0) is 23.8 Å². The van der Waals surface area contributed by atoms with Gasteiger partial charge < -0.3 is 19.5 Å². The Hall–Kier alpha value is -2.70. The Morgan fingerprint density at radius 2 is 1.72 bits per heavy atom. The molecule has 0 unspecified atom stereocenters. The summed E-state index contributed by atoms with van der Waals surface area (Å²) in [6.07, 6.45) is 0.333. The fourth-order valence-corrected chi connectivity index (χ4v) is 5.00. The van der Waals surface area contributed by atoms with Crippen molar-refractivity contribution >= 4 is 34.5 Å². The third kappa shape index (κ3) is 3.43. The minimum absolute atomic E-state index is 0.0343. The van der Waals surface area contributed by atoms with Crippen LogP contribution in [0.3, 0.4) is 0 Å². The van der Waals surface area contributed by atoms with Crippen molar-refractivity contribution in [3.8, 4) is 28.4 Å². The van der Waals surface area contributed by atoms with E-state index in [1.807, 2.05) is 36.4 Å². The molecule has 1 aliphatic rings. The molecule has 7 heteroatoms. The van der Waals surface area contributed by atoms with Crippen LogP contribution in [0.15, 0.2) is 41.8 Å². The first-order valence-electron chi connectivity index (χ1n) is 9.03. The number of halogens is 1. The number of methoxy groups -OCH3 is 3. The Labute approximate surface area is 178 Å². The lowest BCUT2D eigenvalue weighted by atomic mass is 9.88. The normalized spacial score (nSPS) is 15.4.